The Balaban J connectivity index is 1.49. The van der Waals surface area contributed by atoms with Crippen LogP contribution in [0.3, 0.4) is 0 Å². The predicted molar refractivity (Wildman–Crippen MR) is 162 cm³/mol. The number of ether oxygens (including phenoxy) is 4. The summed E-state index contributed by atoms with van der Waals surface area (Å²) in [6.07, 6.45) is 2.97. The average molecular weight is 597 g/mol. The standard InChI is InChI=1S/C30H30Cl2N4O5/c1-5-35-22-9-21(18-8-20(33)23(10-24(18)38-2)36-13-17-7-16(36)14-41-17)34-12-15(22)6-19(30(35)37)27-28(31)25(39-3)11-26(40-4)29(27)32/h6,8-12,16-17H,5,7,13-14,33H2,1-4H3/t16-,17-/m1/s1. The number of morpholine rings is 1. The zero-order valence-electron chi connectivity index (χ0n) is 23.2. The van der Waals surface area contributed by atoms with Crippen LogP contribution in [0.5, 0.6) is 17.2 Å². The van der Waals surface area contributed by atoms with E-state index in [1.165, 1.54) is 14.2 Å². The van der Waals surface area contributed by atoms with Gasteiger partial charge in [-0.05, 0) is 31.5 Å². The molecule has 2 aromatic carbocycles. The van der Waals surface area contributed by atoms with Crippen LogP contribution in [0.1, 0.15) is 13.3 Å². The molecule has 2 aliphatic heterocycles. The van der Waals surface area contributed by atoms with Crippen molar-refractivity contribution in [1.29, 1.82) is 0 Å². The lowest BCUT2D eigenvalue weighted by Crippen LogP contribution is -2.37. The number of methoxy groups -OCH3 is 3. The number of pyridine rings is 2. The highest BCUT2D eigenvalue weighted by Crippen LogP contribution is 2.46. The van der Waals surface area contributed by atoms with Crippen molar-refractivity contribution in [2.75, 3.05) is 45.1 Å². The fraction of sp³-hybridized carbons (Fsp3) is 0.333. The van der Waals surface area contributed by atoms with Gasteiger partial charge in [0.2, 0.25) is 0 Å². The lowest BCUT2D eigenvalue weighted by molar-refractivity contribution is 0.0991. The quantitative estimate of drug-likeness (QED) is 0.273. The highest BCUT2D eigenvalue weighted by atomic mass is 35.5. The molecule has 0 saturated carbocycles. The van der Waals surface area contributed by atoms with Gasteiger partial charge in [0, 0.05) is 47.9 Å². The number of nitrogens with two attached hydrogens (primary N) is 1. The molecule has 0 aliphatic carbocycles. The molecule has 2 saturated heterocycles. The summed E-state index contributed by atoms with van der Waals surface area (Å²) >= 11 is 13.3. The van der Waals surface area contributed by atoms with E-state index in [0.29, 0.717) is 64.5 Å². The predicted octanol–water partition coefficient (Wildman–Crippen LogP) is 5.64. The normalized spacial score (nSPS) is 17.9. The summed E-state index contributed by atoms with van der Waals surface area (Å²) in [6, 6.07) is 9.38. The number of rotatable bonds is 7. The first-order valence-corrected chi connectivity index (χ1v) is 14.0. The van der Waals surface area contributed by atoms with Crippen LogP contribution in [-0.4, -0.2) is 56.2 Å². The van der Waals surface area contributed by atoms with Crippen LogP contribution < -0.4 is 30.4 Å². The number of nitrogen functional groups attached to an aromatic ring is 1. The Hall–Kier alpha value is -3.66. The van der Waals surface area contributed by atoms with Crippen LogP contribution in [-0.2, 0) is 11.3 Å². The molecule has 2 aliphatic rings. The Kier molecular flexibility index (Phi) is 7.13. The molecule has 214 valence electrons. The van der Waals surface area contributed by atoms with Gasteiger partial charge in [0.25, 0.3) is 5.56 Å². The van der Waals surface area contributed by atoms with Gasteiger partial charge in [-0.3, -0.25) is 9.78 Å². The topological polar surface area (TPSA) is 101 Å². The van der Waals surface area contributed by atoms with Crippen LogP contribution in [0.4, 0.5) is 11.4 Å². The van der Waals surface area contributed by atoms with Crippen molar-refractivity contribution in [2.45, 2.75) is 32.0 Å². The van der Waals surface area contributed by atoms with E-state index in [-0.39, 0.29) is 21.7 Å². The Labute approximate surface area is 247 Å². The summed E-state index contributed by atoms with van der Waals surface area (Å²) in [5.41, 5.74) is 10.6. The molecule has 41 heavy (non-hydrogen) atoms. The van der Waals surface area contributed by atoms with Gasteiger partial charge in [0.1, 0.15) is 17.2 Å². The Morgan fingerprint density at radius 1 is 1.00 bits per heavy atom. The minimum Gasteiger partial charge on any atom is -0.496 e. The Morgan fingerprint density at radius 3 is 2.29 bits per heavy atom. The first-order chi connectivity index (χ1) is 19.8. The number of nitrogens with zero attached hydrogens (tertiary/aromatic N) is 3. The van der Waals surface area contributed by atoms with Crippen LogP contribution in [0.15, 0.2) is 41.3 Å². The number of hydrogen-bond acceptors (Lipinski definition) is 8. The van der Waals surface area contributed by atoms with E-state index in [4.69, 9.17) is 52.9 Å². The summed E-state index contributed by atoms with van der Waals surface area (Å²) in [5, 5.41) is 1.18. The average Bonchev–Trinajstić information content (AvgIpc) is 3.61. The minimum atomic E-state index is -0.260. The van der Waals surface area contributed by atoms with Crippen molar-refractivity contribution >= 4 is 45.5 Å². The summed E-state index contributed by atoms with van der Waals surface area (Å²) in [7, 11) is 4.61. The van der Waals surface area contributed by atoms with Crippen molar-refractivity contribution in [2.24, 2.45) is 0 Å². The molecule has 2 N–H and O–H groups in total. The fourth-order valence-electron chi connectivity index (χ4n) is 5.93. The summed E-state index contributed by atoms with van der Waals surface area (Å²) in [6.45, 7) is 3.82. The third kappa shape index (κ3) is 4.43. The lowest BCUT2D eigenvalue weighted by Gasteiger charge is -2.30. The van der Waals surface area contributed by atoms with Gasteiger partial charge in [0.05, 0.1) is 78.3 Å². The number of aromatic nitrogens is 2. The first-order valence-electron chi connectivity index (χ1n) is 13.3. The maximum Gasteiger partial charge on any atom is 0.259 e. The molecular weight excluding hydrogens is 567 g/mol. The number of fused-ring (bicyclic) bond motifs is 3. The summed E-state index contributed by atoms with van der Waals surface area (Å²) in [4.78, 5) is 20.9. The largest absolute Gasteiger partial charge is 0.496 e. The van der Waals surface area contributed by atoms with E-state index >= 15 is 0 Å². The smallest absolute Gasteiger partial charge is 0.259 e. The van der Waals surface area contributed by atoms with Gasteiger partial charge in [-0.1, -0.05) is 23.2 Å². The number of halogens is 2. The van der Waals surface area contributed by atoms with Gasteiger partial charge in [-0.15, -0.1) is 0 Å². The molecule has 0 spiro atoms. The molecule has 4 aromatic rings. The van der Waals surface area contributed by atoms with Crippen molar-refractivity contribution in [3.8, 4) is 39.6 Å². The third-order valence-corrected chi connectivity index (χ3v) is 8.72. The molecule has 2 atom stereocenters. The molecule has 2 bridgehead atoms. The number of aryl methyl sites for hydroxylation is 1. The number of benzene rings is 2. The van der Waals surface area contributed by atoms with Crippen LogP contribution in [0, 0.1) is 0 Å². The Bertz CT molecular complexity index is 1710. The molecule has 0 amide bonds. The minimum absolute atomic E-state index is 0.222. The zero-order valence-corrected chi connectivity index (χ0v) is 24.7. The second-order valence-corrected chi connectivity index (χ2v) is 10.9. The maximum atomic E-state index is 13.9. The van der Waals surface area contributed by atoms with Crippen LogP contribution in [0.2, 0.25) is 10.0 Å². The summed E-state index contributed by atoms with van der Waals surface area (Å²) in [5.74, 6) is 1.34. The van der Waals surface area contributed by atoms with E-state index in [0.717, 1.165) is 29.6 Å². The molecule has 0 radical (unpaired) electrons. The molecule has 0 unspecified atom stereocenters. The number of anilines is 2. The second-order valence-electron chi connectivity index (χ2n) is 10.1. The molecular formula is C30H30Cl2N4O5. The first kappa shape index (κ1) is 27.5. The molecule has 4 heterocycles. The Morgan fingerprint density at radius 2 is 1.71 bits per heavy atom. The lowest BCUT2D eigenvalue weighted by atomic mass is 10.0. The highest BCUT2D eigenvalue weighted by Gasteiger charge is 2.40. The molecule has 9 nitrogen and oxygen atoms in total. The molecule has 11 heteroatoms. The fourth-order valence-corrected chi connectivity index (χ4v) is 6.64. The van der Waals surface area contributed by atoms with E-state index in [1.807, 2.05) is 25.1 Å². The zero-order chi connectivity index (χ0) is 29.0. The van der Waals surface area contributed by atoms with Crippen LogP contribution in [0.25, 0.3) is 33.3 Å². The van der Waals surface area contributed by atoms with Crippen molar-refractivity contribution < 1.29 is 18.9 Å². The highest BCUT2D eigenvalue weighted by molar-refractivity contribution is 6.41. The molecule has 2 aromatic heterocycles. The van der Waals surface area contributed by atoms with Crippen molar-refractivity contribution in [3.63, 3.8) is 0 Å². The molecule has 6 rings (SSSR count). The van der Waals surface area contributed by atoms with Crippen LogP contribution >= 0.6 is 23.2 Å². The van der Waals surface area contributed by atoms with E-state index in [2.05, 4.69) is 4.90 Å². The SMILES string of the molecule is CCn1c(=O)c(-c2c(Cl)c(OC)cc(OC)c2Cl)cc2cnc(-c3cc(N)c(N4C[C@H]5C[C@@H]4CO5)cc3OC)cc21. The van der Waals surface area contributed by atoms with E-state index in [9.17, 15) is 4.79 Å². The second kappa shape index (κ2) is 10.6. The monoisotopic (exact) mass is 596 g/mol. The van der Waals surface area contributed by atoms with Gasteiger partial charge in [0.15, 0.2) is 0 Å². The third-order valence-electron chi connectivity index (χ3n) is 7.97. The molecule has 2 fully saturated rings. The van der Waals surface area contributed by atoms with E-state index < -0.39 is 0 Å². The maximum absolute atomic E-state index is 13.9. The summed E-state index contributed by atoms with van der Waals surface area (Å²) < 4.78 is 24.1. The number of hydrogen-bond donors (Lipinski definition) is 1. The van der Waals surface area contributed by atoms with Gasteiger partial charge < -0.3 is 34.1 Å². The van der Waals surface area contributed by atoms with Gasteiger partial charge >= 0.3 is 0 Å². The van der Waals surface area contributed by atoms with Crippen molar-refractivity contribution in [3.05, 3.63) is 56.9 Å². The van der Waals surface area contributed by atoms with Crippen molar-refractivity contribution in [1.82, 2.24) is 9.55 Å². The van der Waals surface area contributed by atoms with Gasteiger partial charge in [-0.25, -0.2) is 0 Å². The van der Waals surface area contributed by atoms with Gasteiger partial charge in [-0.2, -0.15) is 0 Å². The van der Waals surface area contributed by atoms with E-state index in [1.54, 1.807) is 30.0 Å².